The second-order valence-electron chi connectivity index (χ2n) is 3.03. The Balaban J connectivity index is 2.93. The summed E-state index contributed by atoms with van der Waals surface area (Å²) in [6.45, 7) is 2.86. The molecule has 0 aliphatic rings. The molecule has 0 amide bonds. The van der Waals surface area contributed by atoms with Gasteiger partial charge in [0.1, 0.15) is 5.75 Å². The zero-order valence-corrected chi connectivity index (χ0v) is 8.34. The van der Waals surface area contributed by atoms with Crippen molar-refractivity contribution in [2.75, 3.05) is 13.7 Å². The van der Waals surface area contributed by atoms with Crippen LogP contribution in [0.1, 0.15) is 18.1 Å². The van der Waals surface area contributed by atoms with Gasteiger partial charge in [0.15, 0.2) is 0 Å². The van der Waals surface area contributed by atoms with Gasteiger partial charge in [0, 0.05) is 0 Å². The molecule has 2 nitrogen and oxygen atoms in total. The van der Waals surface area contributed by atoms with E-state index < -0.39 is 0 Å². The van der Waals surface area contributed by atoms with Crippen molar-refractivity contribution in [3.8, 4) is 5.75 Å². The maximum Gasteiger partial charge on any atom is 0.119 e. The number of nitrogens with two attached hydrogens (primary N) is 1. The first-order valence-corrected chi connectivity index (χ1v) is 4.67. The third-order valence-electron chi connectivity index (χ3n) is 2.21. The Morgan fingerprint density at radius 3 is 2.62 bits per heavy atom. The van der Waals surface area contributed by atoms with Gasteiger partial charge in [-0.3, -0.25) is 0 Å². The minimum absolute atomic E-state index is 0.708. The van der Waals surface area contributed by atoms with E-state index in [1.54, 1.807) is 7.11 Å². The molecule has 0 aromatic heterocycles. The van der Waals surface area contributed by atoms with Crippen LogP contribution < -0.4 is 10.5 Å². The second-order valence-corrected chi connectivity index (χ2v) is 3.03. The Bertz CT molecular complexity index is 271. The van der Waals surface area contributed by atoms with Crippen LogP contribution in [-0.4, -0.2) is 13.7 Å². The summed E-state index contributed by atoms with van der Waals surface area (Å²) in [6.07, 6.45) is 1.99. The van der Waals surface area contributed by atoms with Gasteiger partial charge in [-0.15, -0.1) is 0 Å². The van der Waals surface area contributed by atoms with Gasteiger partial charge in [0.2, 0.25) is 0 Å². The summed E-state index contributed by atoms with van der Waals surface area (Å²) in [5.74, 6) is 0.928. The van der Waals surface area contributed by atoms with Gasteiger partial charge in [-0.1, -0.05) is 13.0 Å². The molecule has 0 saturated carbocycles. The molecular weight excluding hydrogens is 162 g/mol. The van der Waals surface area contributed by atoms with Crippen molar-refractivity contribution >= 4 is 0 Å². The third-order valence-corrected chi connectivity index (χ3v) is 2.21. The summed E-state index contributed by atoms with van der Waals surface area (Å²) in [4.78, 5) is 0. The Hall–Kier alpha value is -1.02. The highest BCUT2D eigenvalue weighted by molar-refractivity contribution is 5.35. The maximum atomic E-state index is 5.52. The van der Waals surface area contributed by atoms with Crippen molar-refractivity contribution in [3.05, 3.63) is 29.3 Å². The van der Waals surface area contributed by atoms with Crippen LogP contribution in [0.5, 0.6) is 5.75 Å². The van der Waals surface area contributed by atoms with E-state index in [2.05, 4.69) is 19.1 Å². The van der Waals surface area contributed by atoms with E-state index in [0.717, 1.165) is 18.6 Å². The minimum Gasteiger partial charge on any atom is -0.497 e. The van der Waals surface area contributed by atoms with Crippen molar-refractivity contribution in [2.24, 2.45) is 5.73 Å². The molecule has 0 radical (unpaired) electrons. The predicted molar refractivity (Wildman–Crippen MR) is 55.1 cm³/mol. The SMILES string of the molecule is CCc1cc(OC)ccc1CCN. The molecule has 0 unspecified atom stereocenters. The summed E-state index contributed by atoms with van der Waals surface area (Å²) in [6, 6.07) is 6.18. The van der Waals surface area contributed by atoms with Crippen LogP contribution in [0, 0.1) is 0 Å². The number of rotatable bonds is 4. The molecule has 1 aromatic rings. The van der Waals surface area contributed by atoms with E-state index in [1.165, 1.54) is 11.1 Å². The zero-order chi connectivity index (χ0) is 9.68. The normalized spacial score (nSPS) is 10.1. The van der Waals surface area contributed by atoms with Gasteiger partial charge in [-0.2, -0.15) is 0 Å². The topological polar surface area (TPSA) is 35.2 Å². The Morgan fingerprint density at radius 1 is 1.31 bits per heavy atom. The lowest BCUT2D eigenvalue weighted by atomic mass is 10.0. The molecule has 1 aromatic carbocycles. The van der Waals surface area contributed by atoms with Gasteiger partial charge in [-0.05, 0) is 42.6 Å². The third kappa shape index (κ3) is 2.46. The van der Waals surface area contributed by atoms with E-state index in [1.807, 2.05) is 6.07 Å². The van der Waals surface area contributed by atoms with Gasteiger partial charge >= 0.3 is 0 Å². The van der Waals surface area contributed by atoms with Gasteiger partial charge in [0.05, 0.1) is 7.11 Å². The highest BCUT2D eigenvalue weighted by Gasteiger charge is 2.01. The van der Waals surface area contributed by atoms with Crippen LogP contribution in [0.15, 0.2) is 18.2 Å². The molecule has 0 atom stereocenters. The molecule has 72 valence electrons. The number of ether oxygens (including phenoxy) is 1. The largest absolute Gasteiger partial charge is 0.497 e. The lowest BCUT2D eigenvalue weighted by Crippen LogP contribution is -2.05. The molecule has 0 bridgehead atoms. The van der Waals surface area contributed by atoms with Crippen molar-refractivity contribution in [1.29, 1.82) is 0 Å². The zero-order valence-electron chi connectivity index (χ0n) is 8.34. The van der Waals surface area contributed by atoms with Crippen molar-refractivity contribution in [3.63, 3.8) is 0 Å². The molecule has 1 rings (SSSR count). The van der Waals surface area contributed by atoms with Crippen LogP contribution >= 0.6 is 0 Å². The first-order chi connectivity index (χ1) is 6.31. The molecule has 0 saturated heterocycles. The van der Waals surface area contributed by atoms with Crippen LogP contribution in [-0.2, 0) is 12.8 Å². The van der Waals surface area contributed by atoms with Crippen LogP contribution in [0.2, 0.25) is 0 Å². The number of aryl methyl sites for hydroxylation is 1. The first kappa shape index (κ1) is 10.1. The average Bonchev–Trinajstić information content (AvgIpc) is 2.19. The van der Waals surface area contributed by atoms with Crippen molar-refractivity contribution in [1.82, 2.24) is 0 Å². The molecule has 2 heteroatoms. The number of benzene rings is 1. The first-order valence-electron chi connectivity index (χ1n) is 4.67. The number of hydrogen-bond acceptors (Lipinski definition) is 2. The molecule has 0 spiro atoms. The predicted octanol–water partition coefficient (Wildman–Crippen LogP) is 1.76. The standard InChI is InChI=1S/C11H17NO/c1-3-9-8-11(13-2)5-4-10(9)6-7-12/h4-5,8H,3,6-7,12H2,1-2H3. The van der Waals surface area contributed by atoms with Gasteiger partial charge in [-0.25, -0.2) is 0 Å². The molecule has 0 aliphatic heterocycles. The Kier molecular flexibility index (Phi) is 3.77. The summed E-state index contributed by atoms with van der Waals surface area (Å²) in [5.41, 5.74) is 8.20. The quantitative estimate of drug-likeness (QED) is 0.764. The Morgan fingerprint density at radius 2 is 2.08 bits per heavy atom. The highest BCUT2D eigenvalue weighted by atomic mass is 16.5. The number of hydrogen-bond donors (Lipinski definition) is 1. The van der Waals surface area contributed by atoms with E-state index in [4.69, 9.17) is 10.5 Å². The second kappa shape index (κ2) is 4.87. The fourth-order valence-corrected chi connectivity index (χ4v) is 1.46. The lowest BCUT2D eigenvalue weighted by Gasteiger charge is -2.08. The van der Waals surface area contributed by atoms with E-state index in [-0.39, 0.29) is 0 Å². The molecular formula is C11H17NO. The van der Waals surface area contributed by atoms with Crippen molar-refractivity contribution in [2.45, 2.75) is 19.8 Å². The maximum absolute atomic E-state index is 5.52. The highest BCUT2D eigenvalue weighted by Crippen LogP contribution is 2.18. The van der Waals surface area contributed by atoms with Crippen molar-refractivity contribution < 1.29 is 4.74 Å². The van der Waals surface area contributed by atoms with Gasteiger partial charge < -0.3 is 10.5 Å². The fourth-order valence-electron chi connectivity index (χ4n) is 1.46. The van der Waals surface area contributed by atoms with Crippen LogP contribution in [0.4, 0.5) is 0 Å². The van der Waals surface area contributed by atoms with Gasteiger partial charge in [0.25, 0.3) is 0 Å². The van der Waals surface area contributed by atoms with E-state index in [9.17, 15) is 0 Å². The van der Waals surface area contributed by atoms with Crippen LogP contribution in [0.25, 0.3) is 0 Å². The molecule has 13 heavy (non-hydrogen) atoms. The summed E-state index contributed by atoms with van der Waals surface area (Å²) >= 11 is 0. The summed E-state index contributed by atoms with van der Waals surface area (Å²) in [5, 5.41) is 0. The summed E-state index contributed by atoms with van der Waals surface area (Å²) < 4.78 is 5.16. The van der Waals surface area contributed by atoms with E-state index >= 15 is 0 Å². The molecule has 0 aliphatic carbocycles. The number of methoxy groups -OCH3 is 1. The molecule has 0 fully saturated rings. The molecule has 0 heterocycles. The average molecular weight is 179 g/mol. The smallest absolute Gasteiger partial charge is 0.119 e. The Labute approximate surface area is 79.7 Å². The lowest BCUT2D eigenvalue weighted by molar-refractivity contribution is 0.414. The molecule has 2 N–H and O–H groups in total. The minimum atomic E-state index is 0.708. The monoisotopic (exact) mass is 179 g/mol. The fraction of sp³-hybridized carbons (Fsp3) is 0.455. The van der Waals surface area contributed by atoms with Crippen LogP contribution in [0.3, 0.4) is 0 Å². The summed E-state index contributed by atoms with van der Waals surface area (Å²) in [7, 11) is 1.69. The van der Waals surface area contributed by atoms with E-state index in [0.29, 0.717) is 6.54 Å².